The molecule has 4 rings (SSSR count). The van der Waals surface area contributed by atoms with Gasteiger partial charge in [-0.3, -0.25) is 14.3 Å². The predicted octanol–water partition coefficient (Wildman–Crippen LogP) is 1.48. The topological polar surface area (TPSA) is 128 Å². The summed E-state index contributed by atoms with van der Waals surface area (Å²) in [6.45, 7) is 6.02. The highest BCUT2D eigenvalue weighted by atomic mass is 16.3. The first-order chi connectivity index (χ1) is 16.6. The zero-order chi connectivity index (χ0) is 25.3. The van der Waals surface area contributed by atoms with Gasteiger partial charge in [0.1, 0.15) is 6.04 Å². The molecule has 0 radical (unpaired) electrons. The number of carbonyl (C=O) groups is 2. The molecule has 0 bridgehead atoms. The number of benzene rings is 1. The molecule has 1 aliphatic heterocycles. The van der Waals surface area contributed by atoms with E-state index in [1.165, 1.54) is 4.90 Å². The second kappa shape index (κ2) is 10.1. The lowest BCUT2D eigenvalue weighted by atomic mass is 9.96. The lowest BCUT2D eigenvalue weighted by Gasteiger charge is -2.29. The first-order valence-corrected chi connectivity index (χ1v) is 12.4. The Morgan fingerprint density at radius 2 is 1.86 bits per heavy atom. The van der Waals surface area contributed by atoms with Gasteiger partial charge in [-0.05, 0) is 36.0 Å². The Kier molecular flexibility index (Phi) is 7.30. The minimum Gasteiger partial charge on any atom is -0.394 e. The molecule has 1 aromatic heterocycles. The van der Waals surface area contributed by atoms with Gasteiger partial charge in [0.2, 0.25) is 11.8 Å². The van der Waals surface area contributed by atoms with Crippen molar-refractivity contribution in [1.82, 2.24) is 20.0 Å². The summed E-state index contributed by atoms with van der Waals surface area (Å²) in [6.07, 6.45) is 2.69. The average molecular weight is 485 g/mol. The Morgan fingerprint density at radius 1 is 1.17 bits per heavy atom. The minimum absolute atomic E-state index is 0.121. The summed E-state index contributed by atoms with van der Waals surface area (Å²) in [5, 5.41) is 37.6. The summed E-state index contributed by atoms with van der Waals surface area (Å²) < 4.78 is 1.79. The van der Waals surface area contributed by atoms with Crippen molar-refractivity contribution in [3.8, 4) is 11.3 Å². The molecule has 0 spiro atoms. The quantitative estimate of drug-likeness (QED) is 0.427. The highest BCUT2D eigenvalue weighted by Gasteiger charge is 2.42. The van der Waals surface area contributed by atoms with Crippen LogP contribution in [0.2, 0.25) is 0 Å². The van der Waals surface area contributed by atoms with Gasteiger partial charge >= 0.3 is 0 Å². The van der Waals surface area contributed by atoms with Crippen LogP contribution in [0.5, 0.6) is 0 Å². The molecule has 4 atom stereocenters. The molecule has 35 heavy (non-hydrogen) atoms. The molecule has 2 aromatic rings. The van der Waals surface area contributed by atoms with E-state index in [1.807, 2.05) is 51.1 Å². The van der Waals surface area contributed by atoms with Crippen molar-refractivity contribution >= 4 is 11.8 Å². The van der Waals surface area contributed by atoms with Crippen LogP contribution >= 0.6 is 0 Å². The van der Waals surface area contributed by atoms with Crippen molar-refractivity contribution in [2.24, 2.45) is 11.8 Å². The van der Waals surface area contributed by atoms with E-state index in [0.29, 0.717) is 6.54 Å². The number of β-amino-alcohol motifs (C(OH)–C–C–N with tert-alkyl or cyclic N) is 1. The summed E-state index contributed by atoms with van der Waals surface area (Å²) in [5.74, 6) is -0.666. The fourth-order valence-corrected chi connectivity index (χ4v) is 4.53. The van der Waals surface area contributed by atoms with Crippen LogP contribution in [0, 0.1) is 11.8 Å². The van der Waals surface area contributed by atoms with E-state index in [0.717, 1.165) is 29.7 Å². The van der Waals surface area contributed by atoms with Crippen LogP contribution in [0.4, 0.5) is 0 Å². The van der Waals surface area contributed by atoms with Gasteiger partial charge in [0.05, 0.1) is 36.6 Å². The van der Waals surface area contributed by atoms with Gasteiger partial charge < -0.3 is 25.5 Å². The molecule has 2 heterocycles. The molecule has 2 aliphatic rings. The summed E-state index contributed by atoms with van der Waals surface area (Å²) in [4.78, 5) is 27.5. The molecule has 1 aromatic carbocycles. The fourth-order valence-electron chi connectivity index (χ4n) is 4.53. The second-order valence-electron chi connectivity index (χ2n) is 10.4. The molecule has 4 unspecified atom stereocenters. The molecular weight excluding hydrogens is 448 g/mol. The Bertz CT molecular complexity index is 1050. The first kappa shape index (κ1) is 25.3. The standard InChI is InChI=1S/C26H36N4O5/c1-16(2)17(3)25(34)29-13-20(32)12-23(29)24(33)28-21(14-31)18-4-6-19(7-5-18)22-8-11-27-30(22)15-26(35)9-10-26/h4-8,11,16-17,20-21,23,31-32,35H,9-10,12-15H2,1-3H3,(H,28,33). The third kappa shape index (κ3) is 5.58. The van der Waals surface area contributed by atoms with E-state index in [2.05, 4.69) is 10.4 Å². The highest BCUT2D eigenvalue weighted by Crippen LogP contribution is 2.37. The number of hydrogen-bond donors (Lipinski definition) is 4. The minimum atomic E-state index is -0.769. The Labute approximate surface area is 205 Å². The highest BCUT2D eigenvalue weighted by molar-refractivity contribution is 5.89. The molecule has 2 fully saturated rings. The van der Waals surface area contributed by atoms with Crippen LogP contribution in [0.1, 0.15) is 51.6 Å². The van der Waals surface area contributed by atoms with E-state index in [4.69, 9.17) is 0 Å². The van der Waals surface area contributed by atoms with Crippen molar-refractivity contribution in [1.29, 1.82) is 0 Å². The normalized spacial score (nSPS) is 22.8. The van der Waals surface area contributed by atoms with Gasteiger partial charge in [-0.15, -0.1) is 0 Å². The van der Waals surface area contributed by atoms with Gasteiger partial charge in [-0.1, -0.05) is 45.0 Å². The molecule has 1 aliphatic carbocycles. The van der Waals surface area contributed by atoms with E-state index in [1.54, 1.807) is 10.9 Å². The van der Waals surface area contributed by atoms with Gasteiger partial charge in [0, 0.05) is 25.1 Å². The Hall–Kier alpha value is -2.75. The number of rotatable bonds is 9. The smallest absolute Gasteiger partial charge is 0.243 e. The third-order valence-electron chi connectivity index (χ3n) is 7.35. The number of aromatic nitrogens is 2. The van der Waals surface area contributed by atoms with Crippen LogP contribution in [0.3, 0.4) is 0 Å². The number of aliphatic hydroxyl groups is 3. The molecule has 2 amide bonds. The zero-order valence-electron chi connectivity index (χ0n) is 20.6. The van der Waals surface area contributed by atoms with E-state index >= 15 is 0 Å². The van der Waals surface area contributed by atoms with Crippen LogP contribution in [-0.2, 0) is 16.1 Å². The molecule has 9 heteroatoms. The molecule has 4 N–H and O–H groups in total. The van der Waals surface area contributed by atoms with Crippen LogP contribution < -0.4 is 5.32 Å². The SMILES string of the molecule is CC(C)C(C)C(=O)N1CC(O)CC1C(=O)NC(CO)c1ccc(-c2ccnn2CC2(O)CC2)cc1. The number of nitrogens with one attached hydrogen (secondary N) is 1. The number of amides is 2. The number of carbonyl (C=O) groups excluding carboxylic acids is 2. The molecule has 9 nitrogen and oxygen atoms in total. The lowest BCUT2D eigenvalue weighted by molar-refractivity contribution is -0.142. The molecule has 1 saturated carbocycles. The van der Waals surface area contributed by atoms with Crippen molar-refractivity contribution in [2.45, 2.75) is 70.4 Å². The Morgan fingerprint density at radius 3 is 2.46 bits per heavy atom. The summed E-state index contributed by atoms with van der Waals surface area (Å²) >= 11 is 0. The van der Waals surface area contributed by atoms with Crippen LogP contribution in [-0.4, -0.2) is 72.7 Å². The largest absolute Gasteiger partial charge is 0.394 e. The maximum Gasteiger partial charge on any atom is 0.243 e. The van der Waals surface area contributed by atoms with Crippen LogP contribution in [0.15, 0.2) is 36.5 Å². The van der Waals surface area contributed by atoms with Gasteiger partial charge in [0.25, 0.3) is 0 Å². The first-order valence-electron chi connectivity index (χ1n) is 12.4. The maximum atomic E-state index is 13.1. The Balaban J connectivity index is 1.45. The monoisotopic (exact) mass is 484 g/mol. The van der Waals surface area contributed by atoms with Crippen LogP contribution in [0.25, 0.3) is 11.3 Å². The second-order valence-corrected chi connectivity index (χ2v) is 10.4. The van der Waals surface area contributed by atoms with E-state index < -0.39 is 23.8 Å². The molecule has 1 saturated heterocycles. The van der Waals surface area contributed by atoms with Crippen molar-refractivity contribution < 1.29 is 24.9 Å². The summed E-state index contributed by atoms with van der Waals surface area (Å²) in [5.41, 5.74) is 1.86. The fraction of sp³-hybridized carbons (Fsp3) is 0.577. The number of aliphatic hydroxyl groups excluding tert-OH is 2. The van der Waals surface area contributed by atoms with Gasteiger partial charge in [-0.25, -0.2) is 0 Å². The molecular formula is C26H36N4O5. The van der Waals surface area contributed by atoms with Gasteiger partial charge in [-0.2, -0.15) is 5.10 Å². The number of likely N-dealkylation sites (tertiary alicyclic amines) is 1. The van der Waals surface area contributed by atoms with Crippen molar-refractivity contribution in [3.63, 3.8) is 0 Å². The summed E-state index contributed by atoms with van der Waals surface area (Å²) in [7, 11) is 0. The average Bonchev–Trinajstić information content (AvgIpc) is 3.20. The van der Waals surface area contributed by atoms with Crippen molar-refractivity contribution in [3.05, 3.63) is 42.1 Å². The van der Waals surface area contributed by atoms with E-state index in [9.17, 15) is 24.9 Å². The van der Waals surface area contributed by atoms with Gasteiger partial charge in [0.15, 0.2) is 0 Å². The summed E-state index contributed by atoms with van der Waals surface area (Å²) in [6, 6.07) is 7.95. The zero-order valence-corrected chi connectivity index (χ0v) is 20.6. The lowest BCUT2D eigenvalue weighted by Crippen LogP contribution is -2.49. The maximum absolute atomic E-state index is 13.1. The number of nitrogens with zero attached hydrogens (tertiary/aromatic N) is 3. The number of hydrogen-bond acceptors (Lipinski definition) is 6. The predicted molar refractivity (Wildman–Crippen MR) is 130 cm³/mol. The van der Waals surface area contributed by atoms with E-state index in [-0.39, 0.29) is 43.2 Å². The molecule has 190 valence electrons. The third-order valence-corrected chi connectivity index (χ3v) is 7.35. The van der Waals surface area contributed by atoms with Crippen molar-refractivity contribution in [2.75, 3.05) is 13.2 Å².